The van der Waals surface area contributed by atoms with Gasteiger partial charge in [-0.05, 0) is 32.0 Å². The summed E-state index contributed by atoms with van der Waals surface area (Å²) in [5.74, 6) is 0.949. The number of aromatic nitrogens is 1. The maximum Gasteiger partial charge on any atom is 0.160 e. The number of thioether (sulfide) groups is 1. The van der Waals surface area contributed by atoms with E-state index in [0.29, 0.717) is 5.25 Å². The van der Waals surface area contributed by atoms with Crippen LogP contribution >= 0.6 is 11.8 Å². The van der Waals surface area contributed by atoms with Crippen molar-refractivity contribution in [1.82, 2.24) is 9.88 Å². The highest BCUT2D eigenvalue weighted by Crippen LogP contribution is 2.49. The van der Waals surface area contributed by atoms with Gasteiger partial charge in [0, 0.05) is 23.6 Å². The van der Waals surface area contributed by atoms with Crippen molar-refractivity contribution in [3.8, 4) is 5.75 Å². The van der Waals surface area contributed by atoms with Gasteiger partial charge in [-0.15, -0.1) is 0 Å². The maximum absolute atomic E-state index is 6.11. The molecule has 0 N–H and O–H groups in total. The molecule has 0 bridgehead atoms. The van der Waals surface area contributed by atoms with E-state index >= 15 is 0 Å². The fraction of sp³-hybridized carbons (Fsp3) is 0.400. The number of amidine groups is 1. The molecule has 2 aliphatic heterocycles. The lowest BCUT2D eigenvalue weighted by atomic mass is 9.95. The highest BCUT2D eigenvalue weighted by Gasteiger charge is 2.44. The van der Waals surface area contributed by atoms with Gasteiger partial charge in [-0.25, -0.2) is 0 Å². The number of hydrogen-bond acceptors (Lipinski definition) is 5. The Hall–Kier alpha value is -2.01. The number of rotatable bonds is 4. The number of nitrogens with zero attached hydrogens (tertiary/aromatic N) is 3. The molecule has 1 aromatic carbocycles. The second kappa shape index (κ2) is 6.71. The second-order valence-electron chi connectivity index (χ2n) is 6.84. The van der Waals surface area contributed by atoms with E-state index in [1.165, 1.54) is 5.56 Å². The first-order valence-electron chi connectivity index (χ1n) is 8.81. The SMILES string of the molecule is CC(C)Oc1ccccc1[C@H]1[C@@H](c2ccccn2)N=C2S[C@@H](C)CN21. The van der Waals surface area contributed by atoms with Crippen LogP contribution in [0, 0.1) is 0 Å². The Labute approximate surface area is 153 Å². The number of fused-ring (bicyclic) bond motifs is 1. The standard InChI is InChI=1S/C20H23N3OS/c1-13(2)24-17-10-5-4-8-15(17)19-18(16-9-6-7-11-21-16)22-20-23(19)12-14(3)25-20/h4-11,13-14,18-19H,12H2,1-3H3/t14-,18+,19-/m0/s1. The van der Waals surface area contributed by atoms with Crippen LogP contribution in [0.15, 0.2) is 53.7 Å². The summed E-state index contributed by atoms with van der Waals surface area (Å²) in [6.45, 7) is 7.40. The molecule has 25 heavy (non-hydrogen) atoms. The van der Waals surface area contributed by atoms with Crippen molar-refractivity contribution in [2.45, 2.75) is 44.2 Å². The average Bonchev–Trinajstić information content (AvgIpc) is 3.12. The lowest BCUT2D eigenvalue weighted by Gasteiger charge is -2.29. The molecule has 4 rings (SSSR count). The van der Waals surface area contributed by atoms with Crippen LogP contribution in [-0.2, 0) is 0 Å². The summed E-state index contributed by atoms with van der Waals surface area (Å²) >= 11 is 1.86. The van der Waals surface area contributed by atoms with Gasteiger partial charge < -0.3 is 9.64 Å². The van der Waals surface area contributed by atoms with E-state index < -0.39 is 0 Å². The van der Waals surface area contributed by atoms with E-state index in [2.05, 4.69) is 54.9 Å². The zero-order valence-corrected chi connectivity index (χ0v) is 15.6. The van der Waals surface area contributed by atoms with E-state index in [1.54, 1.807) is 0 Å². The number of hydrogen-bond donors (Lipinski definition) is 0. The summed E-state index contributed by atoms with van der Waals surface area (Å²) in [6, 6.07) is 14.6. The maximum atomic E-state index is 6.11. The molecule has 1 saturated heterocycles. The number of pyridine rings is 1. The Balaban J connectivity index is 1.78. The minimum Gasteiger partial charge on any atom is -0.491 e. The Bertz CT molecular complexity index is 778. The van der Waals surface area contributed by atoms with Gasteiger partial charge in [-0.2, -0.15) is 0 Å². The molecule has 0 spiro atoms. The molecule has 2 aromatic rings. The molecule has 4 nitrogen and oxygen atoms in total. The Morgan fingerprint density at radius 2 is 1.96 bits per heavy atom. The monoisotopic (exact) mass is 353 g/mol. The van der Waals surface area contributed by atoms with Gasteiger partial charge >= 0.3 is 0 Å². The lowest BCUT2D eigenvalue weighted by Crippen LogP contribution is -2.29. The molecule has 130 valence electrons. The highest BCUT2D eigenvalue weighted by atomic mass is 32.2. The van der Waals surface area contributed by atoms with Crippen molar-refractivity contribution in [2.24, 2.45) is 4.99 Å². The third kappa shape index (κ3) is 3.13. The van der Waals surface area contributed by atoms with Gasteiger partial charge in [-0.1, -0.05) is 43.0 Å². The molecule has 5 heteroatoms. The van der Waals surface area contributed by atoms with E-state index in [9.17, 15) is 0 Å². The normalized spacial score (nSPS) is 25.2. The van der Waals surface area contributed by atoms with Gasteiger partial charge in [0.15, 0.2) is 5.17 Å². The third-order valence-corrected chi connectivity index (χ3v) is 5.58. The summed E-state index contributed by atoms with van der Waals surface area (Å²) < 4.78 is 6.11. The van der Waals surface area contributed by atoms with E-state index in [-0.39, 0.29) is 18.2 Å². The van der Waals surface area contributed by atoms with Crippen LogP contribution in [0.2, 0.25) is 0 Å². The van der Waals surface area contributed by atoms with Crippen LogP contribution in [0.25, 0.3) is 0 Å². The minimum absolute atomic E-state index is 0.00751. The predicted molar refractivity (Wildman–Crippen MR) is 103 cm³/mol. The van der Waals surface area contributed by atoms with E-state index in [0.717, 1.165) is 23.2 Å². The summed E-state index contributed by atoms with van der Waals surface area (Å²) in [5, 5.41) is 1.69. The summed E-state index contributed by atoms with van der Waals surface area (Å²) in [5.41, 5.74) is 2.21. The average molecular weight is 353 g/mol. The summed E-state index contributed by atoms with van der Waals surface area (Å²) in [7, 11) is 0. The van der Waals surface area contributed by atoms with Crippen LogP contribution in [0.1, 0.15) is 44.1 Å². The molecule has 3 heterocycles. The summed E-state index contributed by atoms with van der Waals surface area (Å²) in [4.78, 5) is 12.1. The minimum atomic E-state index is 0.00751. The van der Waals surface area contributed by atoms with Crippen molar-refractivity contribution in [1.29, 1.82) is 0 Å². The smallest absolute Gasteiger partial charge is 0.160 e. The Kier molecular flexibility index (Phi) is 4.42. The van der Waals surface area contributed by atoms with E-state index in [1.807, 2.05) is 36.2 Å². The molecule has 2 aliphatic rings. The Morgan fingerprint density at radius 3 is 2.72 bits per heavy atom. The highest BCUT2D eigenvalue weighted by molar-refractivity contribution is 8.14. The number of para-hydroxylation sites is 1. The fourth-order valence-corrected chi connectivity index (χ4v) is 4.63. The third-order valence-electron chi connectivity index (χ3n) is 4.48. The van der Waals surface area contributed by atoms with Crippen molar-refractivity contribution in [3.63, 3.8) is 0 Å². The van der Waals surface area contributed by atoms with Gasteiger partial charge in [0.05, 0.1) is 17.8 Å². The van der Waals surface area contributed by atoms with Crippen molar-refractivity contribution < 1.29 is 4.74 Å². The zero-order valence-electron chi connectivity index (χ0n) is 14.8. The van der Waals surface area contributed by atoms with Gasteiger partial charge in [0.1, 0.15) is 11.8 Å². The first kappa shape index (κ1) is 16.5. The first-order chi connectivity index (χ1) is 12.1. The number of aliphatic imine (C=N–C) groups is 1. The Morgan fingerprint density at radius 1 is 1.16 bits per heavy atom. The molecule has 0 aliphatic carbocycles. The molecule has 0 unspecified atom stereocenters. The molecular formula is C20H23N3OS. The molecule has 0 radical (unpaired) electrons. The van der Waals surface area contributed by atoms with Gasteiger partial charge in [-0.3, -0.25) is 9.98 Å². The van der Waals surface area contributed by atoms with Crippen LogP contribution in [0.5, 0.6) is 5.75 Å². The molecule has 0 amide bonds. The second-order valence-corrected chi connectivity index (χ2v) is 8.25. The van der Waals surface area contributed by atoms with Gasteiger partial charge in [0.2, 0.25) is 0 Å². The first-order valence-corrected chi connectivity index (χ1v) is 9.69. The van der Waals surface area contributed by atoms with Crippen LogP contribution in [0.4, 0.5) is 0 Å². The number of benzene rings is 1. The van der Waals surface area contributed by atoms with Crippen molar-refractivity contribution >= 4 is 16.9 Å². The van der Waals surface area contributed by atoms with Gasteiger partial charge in [0.25, 0.3) is 0 Å². The van der Waals surface area contributed by atoms with Crippen LogP contribution in [0.3, 0.4) is 0 Å². The largest absolute Gasteiger partial charge is 0.491 e. The lowest BCUT2D eigenvalue weighted by molar-refractivity contribution is 0.230. The molecule has 1 aromatic heterocycles. The van der Waals surface area contributed by atoms with Crippen molar-refractivity contribution in [2.75, 3.05) is 6.54 Å². The summed E-state index contributed by atoms with van der Waals surface area (Å²) in [6.07, 6.45) is 1.99. The van der Waals surface area contributed by atoms with Crippen LogP contribution in [-0.4, -0.2) is 33.0 Å². The van der Waals surface area contributed by atoms with Crippen LogP contribution < -0.4 is 4.74 Å². The van der Waals surface area contributed by atoms with E-state index in [4.69, 9.17) is 9.73 Å². The molecule has 3 atom stereocenters. The zero-order chi connectivity index (χ0) is 17.4. The molecule has 1 fully saturated rings. The number of ether oxygens (including phenoxy) is 1. The molecule has 0 saturated carbocycles. The predicted octanol–water partition coefficient (Wildman–Crippen LogP) is 4.46. The topological polar surface area (TPSA) is 37.7 Å². The quantitative estimate of drug-likeness (QED) is 0.813. The molecular weight excluding hydrogens is 330 g/mol. The fourth-order valence-electron chi connectivity index (χ4n) is 3.54. The van der Waals surface area contributed by atoms with Crippen molar-refractivity contribution in [3.05, 3.63) is 59.9 Å².